The molecule has 0 unspecified atom stereocenters. The van der Waals surface area contributed by atoms with Crippen molar-refractivity contribution in [3.05, 3.63) is 54.1 Å². The summed E-state index contributed by atoms with van der Waals surface area (Å²) in [7, 11) is 1.92. The number of amides is 1. The third-order valence-corrected chi connectivity index (χ3v) is 6.18. The Hall–Kier alpha value is -3.35. The predicted molar refractivity (Wildman–Crippen MR) is 127 cm³/mol. The average Bonchev–Trinajstić information content (AvgIpc) is 3.37. The zero-order valence-corrected chi connectivity index (χ0v) is 19.6. The van der Waals surface area contributed by atoms with E-state index in [4.69, 9.17) is 9.84 Å². The number of fused-ring (bicyclic) bond motifs is 1. The number of benzene rings is 2. The molecule has 0 spiro atoms. The Labute approximate surface area is 194 Å². The number of ether oxygens (including phenoxy) is 1. The highest BCUT2D eigenvalue weighted by molar-refractivity contribution is 5.93. The molecule has 7 nitrogen and oxygen atoms in total. The zero-order valence-electron chi connectivity index (χ0n) is 19.6. The van der Waals surface area contributed by atoms with Gasteiger partial charge in [-0.15, -0.1) is 0 Å². The fourth-order valence-electron chi connectivity index (χ4n) is 4.59. The predicted octanol–water partition coefficient (Wildman–Crippen LogP) is 4.74. The minimum atomic E-state index is -0.834. The van der Waals surface area contributed by atoms with E-state index in [0.717, 1.165) is 27.7 Å². The van der Waals surface area contributed by atoms with Gasteiger partial charge in [-0.05, 0) is 57.2 Å². The minimum absolute atomic E-state index is 0.116. The van der Waals surface area contributed by atoms with E-state index in [2.05, 4.69) is 0 Å². The first-order valence-corrected chi connectivity index (χ1v) is 11.3. The summed E-state index contributed by atoms with van der Waals surface area (Å²) >= 11 is 0. The van der Waals surface area contributed by atoms with E-state index in [1.807, 2.05) is 81.0 Å². The topological polar surface area (TPSA) is 84.7 Å². The molecule has 1 N–H and O–H groups in total. The second-order valence-electron chi connectivity index (χ2n) is 9.81. The van der Waals surface area contributed by atoms with Crippen LogP contribution < -0.4 is 0 Å². The lowest BCUT2D eigenvalue weighted by Crippen LogP contribution is -2.36. The van der Waals surface area contributed by atoms with Crippen LogP contribution in [0.4, 0.5) is 4.79 Å². The van der Waals surface area contributed by atoms with Crippen molar-refractivity contribution in [2.75, 3.05) is 13.1 Å². The van der Waals surface area contributed by atoms with Crippen LogP contribution in [0.15, 0.2) is 48.5 Å². The molecule has 1 aliphatic rings. The number of likely N-dealkylation sites (tertiary alicyclic amines) is 1. The first-order chi connectivity index (χ1) is 15.6. The van der Waals surface area contributed by atoms with E-state index < -0.39 is 17.5 Å². The van der Waals surface area contributed by atoms with Crippen molar-refractivity contribution in [1.82, 2.24) is 14.7 Å². The molecular weight excluding hydrogens is 418 g/mol. The van der Waals surface area contributed by atoms with Crippen LogP contribution in [0.2, 0.25) is 0 Å². The molecule has 0 aliphatic carbocycles. The molecule has 174 valence electrons. The fraction of sp³-hybridized carbons (Fsp3) is 0.423. The van der Waals surface area contributed by atoms with Crippen LogP contribution in [-0.2, 0) is 23.0 Å². The molecule has 7 heteroatoms. The van der Waals surface area contributed by atoms with Crippen LogP contribution in [0.3, 0.4) is 0 Å². The second kappa shape index (κ2) is 8.89. The van der Waals surface area contributed by atoms with Crippen LogP contribution in [0.5, 0.6) is 0 Å². The Morgan fingerprint density at radius 2 is 1.94 bits per heavy atom. The third-order valence-electron chi connectivity index (χ3n) is 6.18. The maximum absolute atomic E-state index is 12.4. The maximum atomic E-state index is 12.4. The van der Waals surface area contributed by atoms with Crippen molar-refractivity contribution < 1.29 is 19.4 Å². The molecule has 1 amide bonds. The lowest BCUT2D eigenvalue weighted by atomic mass is 9.85. The molecule has 1 saturated heterocycles. The molecule has 2 heterocycles. The molecule has 33 heavy (non-hydrogen) atoms. The van der Waals surface area contributed by atoms with Crippen molar-refractivity contribution in [1.29, 1.82) is 0 Å². The quantitative estimate of drug-likeness (QED) is 0.608. The van der Waals surface area contributed by atoms with Gasteiger partial charge in [0.25, 0.3) is 0 Å². The van der Waals surface area contributed by atoms with E-state index in [9.17, 15) is 14.7 Å². The number of hydrogen-bond acceptors (Lipinski definition) is 4. The normalized spacial score (nSPS) is 17.3. The van der Waals surface area contributed by atoms with E-state index >= 15 is 0 Å². The molecule has 1 aromatic heterocycles. The monoisotopic (exact) mass is 449 g/mol. The Morgan fingerprint density at radius 3 is 2.67 bits per heavy atom. The number of carboxylic acid groups (broad SMARTS) is 1. The summed E-state index contributed by atoms with van der Waals surface area (Å²) < 4.78 is 7.32. The summed E-state index contributed by atoms with van der Waals surface area (Å²) in [4.78, 5) is 26.2. The summed E-state index contributed by atoms with van der Waals surface area (Å²) in [5.74, 6) is -1.53. The molecular formula is C26H31N3O4. The van der Waals surface area contributed by atoms with Gasteiger partial charge in [-0.3, -0.25) is 9.48 Å². The van der Waals surface area contributed by atoms with Gasteiger partial charge in [0.1, 0.15) is 11.3 Å². The zero-order chi connectivity index (χ0) is 23.8. The number of para-hydroxylation sites is 1. The molecule has 4 rings (SSSR count). The highest BCUT2D eigenvalue weighted by Gasteiger charge is 2.37. The van der Waals surface area contributed by atoms with Crippen molar-refractivity contribution >= 4 is 23.0 Å². The van der Waals surface area contributed by atoms with Gasteiger partial charge < -0.3 is 14.7 Å². The number of aliphatic carboxylic acids is 1. The molecule has 2 aromatic carbocycles. The first kappa shape index (κ1) is 22.8. The number of carboxylic acids is 1. The Morgan fingerprint density at radius 1 is 1.18 bits per heavy atom. The van der Waals surface area contributed by atoms with Gasteiger partial charge >= 0.3 is 12.1 Å². The average molecular weight is 450 g/mol. The fourth-order valence-corrected chi connectivity index (χ4v) is 4.59. The van der Waals surface area contributed by atoms with Gasteiger partial charge in [0, 0.05) is 31.1 Å². The Balaban J connectivity index is 1.53. The molecule has 1 aliphatic heterocycles. The van der Waals surface area contributed by atoms with Gasteiger partial charge in [-0.25, -0.2) is 4.79 Å². The van der Waals surface area contributed by atoms with Crippen LogP contribution >= 0.6 is 0 Å². The second-order valence-corrected chi connectivity index (χ2v) is 9.81. The van der Waals surface area contributed by atoms with Crippen molar-refractivity contribution in [3.63, 3.8) is 0 Å². The number of hydrogen-bond donors (Lipinski definition) is 1. The highest BCUT2D eigenvalue weighted by Crippen LogP contribution is 2.31. The summed E-state index contributed by atoms with van der Waals surface area (Å²) in [6.45, 7) is 6.41. The van der Waals surface area contributed by atoms with Crippen LogP contribution in [0.25, 0.3) is 22.2 Å². The van der Waals surface area contributed by atoms with Gasteiger partial charge in [-0.1, -0.05) is 36.4 Å². The minimum Gasteiger partial charge on any atom is -0.481 e. The molecule has 0 saturated carbocycles. The number of carbonyl (C=O) groups is 2. The van der Waals surface area contributed by atoms with Gasteiger partial charge in [0.2, 0.25) is 0 Å². The lowest BCUT2D eigenvalue weighted by Gasteiger charge is -2.25. The smallest absolute Gasteiger partial charge is 0.410 e. The number of rotatable bonds is 5. The summed E-state index contributed by atoms with van der Waals surface area (Å²) in [5, 5.41) is 15.7. The summed E-state index contributed by atoms with van der Waals surface area (Å²) in [6, 6.07) is 16.0. The van der Waals surface area contributed by atoms with Crippen LogP contribution in [-0.4, -0.2) is 50.5 Å². The molecule has 0 radical (unpaired) electrons. The molecule has 1 fully saturated rings. The first-order valence-electron chi connectivity index (χ1n) is 11.3. The highest BCUT2D eigenvalue weighted by atomic mass is 16.6. The number of aryl methyl sites for hydroxylation is 1. The van der Waals surface area contributed by atoms with E-state index in [1.165, 1.54) is 0 Å². The van der Waals surface area contributed by atoms with Crippen molar-refractivity contribution in [3.8, 4) is 11.3 Å². The van der Waals surface area contributed by atoms with E-state index in [1.54, 1.807) is 4.90 Å². The Bertz CT molecular complexity index is 1180. The van der Waals surface area contributed by atoms with Crippen LogP contribution in [0, 0.1) is 11.8 Å². The maximum Gasteiger partial charge on any atom is 0.410 e. The van der Waals surface area contributed by atoms with E-state index in [0.29, 0.717) is 25.9 Å². The SMILES string of the molecule is Cn1nc(-c2cccc(C[C@H](C(=O)O)[C@H]3CCN(C(=O)OC(C)(C)C)C3)c2)c2ccccc21. The summed E-state index contributed by atoms with van der Waals surface area (Å²) in [5.41, 5.74) is 3.28. The van der Waals surface area contributed by atoms with Gasteiger partial charge in [-0.2, -0.15) is 5.10 Å². The van der Waals surface area contributed by atoms with Gasteiger partial charge in [0.05, 0.1) is 11.4 Å². The van der Waals surface area contributed by atoms with E-state index in [-0.39, 0.29) is 12.0 Å². The number of nitrogens with zero attached hydrogens (tertiary/aromatic N) is 3. The molecule has 3 aromatic rings. The van der Waals surface area contributed by atoms with Gasteiger partial charge in [0.15, 0.2) is 0 Å². The standard InChI is InChI=1S/C26H31N3O4/c1-26(2,3)33-25(32)29-13-12-19(16-29)21(24(30)31)15-17-8-7-9-18(14-17)23-20-10-5-6-11-22(20)28(4)27-23/h5-11,14,19,21H,12-13,15-16H2,1-4H3,(H,30,31)/t19-,21-/m0/s1. The summed E-state index contributed by atoms with van der Waals surface area (Å²) in [6.07, 6.45) is 0.680. The molecule has 0 bridgehead atoms. The third kappa shape index (κ3) is 5.02. The molecule has 2 atom stereocenters. The number of carbonyl (C=O) groups excluding carboxylic acids is 1. The van der Waals surface area contributed by atoms with Crippen molar-refractivity contribution in [2.24, 2.45) is 18.9 Å². The van der Waals surface area contributed by atoms with Crippen LogP contribution in [0.1, 0.15) is 32.8 Å². The number of aromatic nitrogens is 2. The largest absolute Gasteiger partial charge is 0.481 e. The van der Waals surface area contributed by atoms with Crippen molar-refractivity contribution in [2.45, 2.75) is 39.2 Å². The lowest BCUT2D eigenvalue weighted by molar-refractivity contribution is -0.143. The Kier molecular flexibility index (Phi) is 6.15.